The third-order valence-electron chi connectivity index (χ3n) is 3.49. The van der Waals surface area contributed by atoms with Crippen molar-refractivity contribution in [2.45, 2.75) is 8.31 Å². The summed E-state index contributed by atoms with van der Waals surface area (Å²) >= 11 is 5.50. The number of thioether (sulfide) groups is 3. The molecule has 0 spiro atoms. The van der Waals surface area contributed by atoms with Crippen molar-refractivity contribution in [3.63, 3.8) is 0 Å². The average molecular weight is 384 g/mol. The van der Waals surface area contributed by atoms with Gasteiger partial charge in [0.15, 0.2) is 0 Å². The van der Waals surface area contributed by atoms with Gasteiger partial charge in [-0.2, -0.15) is 0 Å². The van der Waals surface area contributed by atoms with Gasteiger partial charge in [0.05, 0.1) is 10.6 Å². The zero-order valence-corrected chi connectivity index (χ0v) is 15.8. The molecule has 3 rings (SSSR count). The van der Waals surface area contributed by atoms with Gasteiger partial charge in [0, 0.05) is 17.1 Å². The molecule has 0 saturated carbocycles. The predicted octanol–water partition coefficient (Wildman–Crippen LogP) is 4.44. The van der Waals surface area contributed by atoms with Crippen LogP contribution in [0.4, 0.5) is 5.69 Å². The maximum atomic E-state index is 12.6. The van der Waals surface area contributed by atoms with Crippen molar-refractivity contribution in [2.24, 2.45) is 0 Å². The smallest absolute Gasteiger partial charge is 0.261 e. The third-order valence-corrected chi connectivity index (χ3v) is 10.3. The van der Waals surface area contributed by atoms with Crippen molar-refractivity contribution >= 4 is 51.0 Å². The van der Waals surface area contributed by atoms with E-state index in [0.717, 1.165) is 17.1 Å². The lowest BCUT2D eigenvalue weighted by Gasteiger charge is -2.28. The monoisotopic (exact) mass is 383 g/mol. The molecule has 3 nitrogen and oxygen atoms in total. The Morgan fingerprint density at radius 1 is 1.00 bits per heavy atom. The Morgan fingerprint density at radius 2 is 1.61 bits per heavy atom. The third kappa shape index (κ3) is 3.52. The van der Waals surface area contributed by atoms with Crippen LogP contribution >= 0.6 is 35.3 Å². The number of hydrogen-bond acceptors (Lipinski definition) is 5. The molecule has 1 saturated heterocycles. The Kier molecular flexibility index (Phi) is 5.20. The van der Waals surface area contributed by atoms with Gasteiger partial charge in [-0.1, -0.05) is 36.4 Å². The number of hydrogen-bond donors (Lipinski definition) is 1. The molecule has 0 aromatic heterocycles. The summed E-state index contributed by atoms with van der Waals surface area (Å²) in [6.07, 6.45) is 2.08. The van der Waals surface area contributed by atoms with Gasteiger partial charge >= 0.3 is 0 Å². The molecule has 0 radical (unpaired) electrons. The topological polar surface area (TPSA) is 46.2 Å². The van der Waals surface area contributed by atoms with Crippen LogP contribution in [-0.2, 0) is 13.4 Å². The quantitative estimate of drug-likeness (QED) is 0.827. The van der Waals surface area contributed by atoms with E-state index in [1.54, 1.807) is 36.0 Å². The van der Waals surface area contributed by atoms with Crippen LogP contribution in [0, 0.1) is 0 Å². The Hall–Kier alpha value is -0.760. The van der Waals surface area contributed by atoms with Gasteiger partial charge in [0.1, 0.15) is 3.41 Å². The second-order valence-electron chi connectivity index (χ2n) is 4.92. The van der Waals surface area contributed by atoms with Gasteiger partial charge in [0.25, 0.3) is 10.0 Å². The number of anilines is 1. The molecule has 1 aliphatic rings. The molecule has 0 atom stereocenters. The van der Waals surface area contributed by atoms with Crippen molar-refractivity contribution < 1.29 is 8.42 Å². The summed E-state index contributed by atoms with van der Waals surface area (Å²) in [5, 5.41) is 0. The van der Waals surface area contributed by atoms with Gasteiger partial charge in [-0.15, -0.1) is 35.3 Å². The van der Waals surface area contributed by atoms with E-state index < -0.39 is 10.0 Å². The lowest BCUT2D eigenvalue weighted by Crippen LogP contribution is -2.18. The number of benzene rings is 2. The highest BCUT2D eigenvalue weighted by atomic mass is 32.3. The van der Waals surface area contributed by atoms with Crippen molar-refractivity contribution in [2.75, 3.05) is 22.5 Å². The predicted molar refractivity (Wildman–Crippen MR) is 104 cm³/mol. The first-order valence-electron chi connectivity index (χ1n) is 7.08. The van der Waals surface area contributed by atoms with E-state index in [0.29, 0.717) is 5.69 Å². The lowest BCUT2D eigenvalue weighted by atomic mass is 10.2. The fraction of sp³-hybridized carbons (Fsp3) is 0.250. The summed E-state index contributed by atoms with van der Waals surface area (Å²) < 4.78 is 27.9. The zero-order valence-electron chi connectivity index (χ0n) is 12.6. The maximum Gasteiger partial charge on any atom is 0.261 e. The first-order chi connectivity index (χ1) is 11.1. The van der Waals surface area contributed by atoms with E-state index in [1.165, 1.54) is 0 Å². The van der Waals surface area contributed by atoms with E-state index in [-0.39, 0.29) is 8.31 Å². The van der Waals surface area contributed by atoms with Gasteiger partial charge in [0.2, 0.25) is 0 Å². The Labute approximate surface area is 150 Å². The summed E-state index contributed by atoms with van der Waals surface area (Å²) in [6, 6.07) is 16.2. The van der Waals surface area contributed by atoms with Crippen LogP contribution in [0.5, 0.6) is 0 Å². The van der Waals surface area contributed by atoms with Crippen LogP contribution in [0.25, 0.3) is 0 Å². The molecule has 2 aromatic carbocycles. The fourth-order valence-corrected chi connectivity index (χ4v) is 8.07. The van der Waals surface area contributed by atoms with Gasteiger partial charge in [-0.05, 0) is 24.5 Å². The molecule has 0 bridgehead atoms. The van der Waals surface area contributed by atoms with E-state index in [4.69, 9.17) is 0 Å². The van der Waals surface area contributed by atoms with Gasteiger partial charge < -0.3 is 0 Å². The summed E-state index contributed by atoms with van der Waals surface area (Å²) in [5.74, 6) is 2.15. The summed E-state index contributed by atoms with van der Waals surface area (Å²) in [7, 11) is -3.58. The number of sulfonamides is 1. The number of nitrogens with one attached hydrogen (secondary N) is 1. The van der Waals surface area contributed by atoms with Crippen molar-refractivity contribution in [1.29, 1.82) is 0 Å². The van der Waals surface area contributed by atoms with E-state index in [1.807, 2.05) is 53.9 Å². The maximum absolute atomic E-state index is 12.6. The van der Waals surface area contributed by atoms with Crippen molar-refractivity contribution in [3.05, 3.63) is 60.2 Å². The molecular weight excluding hydrogens is 366 g/mol. The molecule has 1 fully saturated rings. The molecule has 1 aliphatic heterocycles. The highest BCUT2D eigenvalue weighted by molar-refractivity contribution is 8.34. The van der Waals surface area contributed by atoms with Crippen molar-refractivity contribution in [3.8, 4) is 0 Å². The Balaban J connectivity index is 1.99. The Bertz CT molecular complexity index is 772. The van der Waals surface area contributed by atoms with E-state index in [2.05, 4.69) is 11.0 Å². The summed E-state index contributed by atoms with van der Waals surface area (Å²) in [6.45, 7) is 0. The lowest BCUT2D eigenvalue weighted by molar-refractivity contribution is 0.601. The molecule has 0 amide bonds. The van der Waals surface area contributed by atoms with Crippen LogP contribution in [0.1, 0.15) is 5.56 Å². The molecule has 7 heteroatoms. The Morgan fingerprint density at radius 3 is 2.26 bits per heavy atom. The van der Waals surface area contributed by atoms with E-state index in [9.17, 15) is 8.42 Å². The normalized spacial score (nSPS) is 17.1. The van der Waals surface area contributed by atoms with E-state index >= 15 is 0 Å². The molecule has 0 unspecified atom stereocenters. The molecule has 1 heterocycles. The van der Waals surface area contributed by atoms with Crippen LogP contribution in [0.15, 0.2) is 59.5 Å². The first-order valence-corrected chi connectivity index (χ1v) is 11.8. The van der Waals surface area contributed by atoms with Gasteiger partial charge in [-0.25, -0.2) is 8.42 Å². The number of para-hydroxylation sites is 1. The van der Waals surface area contributed by atoms with Gasteiger partial charge in [-0.3, -0.25) is 4.72 Å². The molecule has 122 valence electrons. The second kappa shape index (κ2) is 7.01. The van der Waals surface area contributed by atoms with Crippen LogP contribution in [0.3, 0.4) is 0 Å². The molecule has 1 N–H and O–H groups in total. The van der Waals surface area contributed by atoms with Crippen LogP contribution in [0.2, 0.25) is 0 Å². The fourth-order valence-electron chi connectivity index (χ4n) is 2.42. The SMILES string of the molecule is CSC1(c2ccccc2NS(=O)(=O)c2ccccc2)SCCS1. The summed E-state index contributed by atoms with van der Waals surface area (Å²) in [5.41, 5.74) is 1.69. The summed E-state index contributed by atoms with van der Waals surface area (Å²) in [4.78, 5) is 0.278. The zero-order chi connectivity index (χ0) is 16.3. The molecular formula is C16H17NO2S4. The molecule has 2 aromatic rings. The minimum atomic E-state index is -3.58. The second-order valence-corrected chi connectivity index (χ2v) is 11.0. The van der Waals surface area contributed by atoms with Crippen LogP contribution < -0.4 is 4.72 Å². The highest BCUT2D eigenvalue weighted by Gasteiger charge is 2.39. The average Bonchev–Trinajstić information content (AvgIpc) is 3.06. The minimum absolute atomic E-state index is 0.143. The standard InChI is InChI=1S/C16H17NO2S4/c1-20-16(21-11-12-22-16)14-9-5-6-10-15(14)17-23(18,19)13-7-3-2-4-8-13/h2-10,17H,11-12H2,1H3. The van der Waals surface area contributed by atoms with Crippen molar-refractivity contribution in [1.82, 2.24) is 0 Å². The highest BCUT2D eigenvalue weighted by Crippen LogP contribution is 2.60. The van der Waals surface area contributed by atoms with Crippen LogP contribution in [-0.4, -0.2) is 26.2 Å². The first kappa shape index (κ1) is 17.1. The largest absolute Gasteiger partial charge is 0.279 e. The molecule has 23 heavy (non-hydrogen) atoms. The number of rotatable bonds is 5. The molecule has 0 aliphatic carbocycles. The minimum Gasteiger partial charge on any atom is -0.279 e.